The fourth-order valence-electron chi connectivity index (χ4n) is 3.17. The first-order valence-corrected chi connectivity index (χ1v) is 9.02. The molecule has 1 N–H and O–H groups in total. The number of carbonyl (C=O) groups is 2. The smallest absolute Gasteiger partial charge is 0.344 e. The summed E-state index contributed by atoms with van der Waals surface area (Å²) in [5.74, 6) is 0.882. The molecule has 138 valence electrons. The Labute approximate surface area is 150 Å². The largest absolute Gasteiger partial charge is 0.482 e. The van der Waals surface area contributed by atoms with Gasteiger partial charge in [-0.1, -0.05) is 32.8 Å². The molecule has 0 heterocycles. The van der Waals surface area contributed by atoms with Gasteiger partial charge < -0.3 is 14.8 Å². The van der Waals surface area contributed by atoms with Gasteiger partial charge in [-0.25, -0.2) is 4.79 Å². The molecule has 3 atom stereocenters. The number of esters is 1. The fourth-order valence-corrected chi connectivity index (χ4v) is 3.17. The lowest BCUT2D eigenvalue weighted by Crippen LogP contribution is -2.45. The molecule has 25 heavy (non-hydrogen) atoms. The Hall–Kier alpha value is -2.04. The van der Waals surface area contributed by atoms with Gasteiger partial charge in [0.25, 0.3) is 5.91 Å². The van der Waals surface area contributed by atoms with E-state index in [1.807, 2.05) is 32.0 Å². The van der Waals surface area contributed by atoms with Gasteiger partial charge in [0, 0.05) is 6.04 Å². The predicted molar refractivity (Wildman–Crippen MR) is 96.5 cm³/mol. The average Bonchev–Trinajstić information content (AvgIpc) is 2.58. The van der Waals surface area contributed by atoms with Crippen molar-refractivity contribution < 1.29 is 19.1 Å². The normalized spacial score (nSPS) is 23.0. The first-order chi connectivity index (χ1) is 11.9. The second-order valence-corrected chi connectivity index (χ2v) is 7.14. The average molecular weight is 347 g/mol. The van der Waals surface area contributed by atoms with Crippen LogP contribution in [-0.4, -0.2) is 31.1 Å². The molecule has 1 aliphatic rings. The molecule has 0 bridgehead atoms. The molecule has 0 saturated heterocycles. The molecular formula is C20H29NO4. The lowest BCUT2D eigenvalue weighted by atomic mass is 9.78. The van der Waals surface area contributed by atoms with E-state index in [2.05, 4.69) is 19.2 Å². The van der Waals surface area contributed by atoms with Gasteiger partial charge in [0.2, 0.25) is 0 Å². The second-order valence-electron chi connectivity index (χ2n) is 7.14. The number of rotatable bonds is 6. The zero-order valence-electron chi connectivity index (χ0n) is 15.6. The standard InChI is InChI=1S/C20H29NO4/c1-13-8-9-17(10-15(13)3)24-12-20(23)25-11-19(22)21-18-7-5-6-14(2)16(18)4/h8-10,14,16,18H,5-7,11-12H2,1-4H3,(H,21,22)/t14-,16+,18-/m1/s1. The number of amides is 1. The SMILES string of the molecule is Cc1ccc(OCC(=O)OCC(=O)N[C@@H]2CCC[C@@H](C)[C@@H]2C)cc1C. The number of carbonyl (C=O) groups excluding carboxylic acids is 2. The minimum absolute atomic E-state index is 0.168. The van der Waals surface area contributed by atoms with Crippen LogP contribution in [0.3, 0.4) is 0 Å². The van der Waals surface area contributed by atoms with Gasteiger partial charge in [-0.15, -0.1) is 0 Å². The van der Waals surface area contributed by atoms with Gasteiger partial charge in [0.05, 0.1) is 0 Å². The Morgan fingerprint density at radius 1 is 1.12 bits per heavy atom. The van der Waals surface area contributed by atoms with E-state index in [9.17, 15) is 9.59 Å². The maximum absolute atomic E-state index is 12.0. The van der Waals surface area contributed by atoms with Gasteiger partial charge in [-0.2, -0.15) is 0 Å². The lowest BCUT2D eigenvalue weighted by molar-refractivity contribution is -0.150. The third-order valence-electron chi connectivity index (χ3n) is 5.25. The molecule has 1 aromatic carbocycles. The number of ether oxygens (including phenoxy) is 2. The van der Waals surface area contributed by atoms with E-state index in [0.717, 1.165) is 24.0 Å². The van der Waals surface area contributed by atoms with Crippen LogP contribution in [0.1, 0.15) is 44.2 Å². The minimum Gasteiger partial charge on any atom is -0.482 e. The van der Waals surface area contributed by atoms with Crippen LogP contribution in [0, 0.1) is 25.7 Å². The minimum atomic E-state index is -0.543. The summed E-state index contributed by atoms with van der Waals surface area (Å²) in [7, 11) is 0. The van der Waals surface area contributed by atoms with Crippen molar-refractivity contribution >= 4 is 11.9 Å². The van der Waals surface area contributed by atoms with Crippen molar-refractivity contribution in [1.29, 1.82) is 0 Å². The Balaban J connectivity index is 1.70. The Bertz CT molecular complexity index is 614. The van der Waals surface area contributed by atoms with Crippen LogP contribution in [0.25, 0.3) is 0 Å². The highest BCUT2D eigenvalue weighted by atomic mass is 16.6. The first kappa shape index (κ1) is 19.3. The monoisotopic (exact) mass is 347 g/mol. The number of benzene rings is 1. The predicted octanol–water partition coefficient (Wildman–Crippen LogP) is 3.17. The van der Waals surface area contributed by atoms with Crippen LogP contribution >= 0.6 is 0 Å². The topological polar surface area (TPSA) is 64.6 Å². The van der Waals surface area contributed by atoms with E-state index < -0.39 is 5.97 Å². The van der Waals surface area contributed by atoms with Crippen LogP contribution in [-0.2, 0) is 14.3 Å². The summed E-state index contributed by atoms with van der Waals surface area (Å²) in [6.07, 6.45) is 3.32. The molecule has 0 spiro atoms. The summed E-state index contributed by atoms with van der Waals surface area (Å²) >= 11 is 0. The van der Waals surface area contributed by atoms with Gasteiger partial charge in [0.1, 0.15) is 5.75 Å². The lowest BCUT2D eigenvalue weighted by Gasteiger charge is -2.34. The summed E-state index contributed by atoms with van der Waals surface area (Å²) < 4.78 is 10.4. The molecule has 0 aliphatic heterocycles. The molecule has 1 aliphatic carbocycles. The van der Waals surface area contributed by atoms with Crippen LogP contribution in [0.2, 0.25) is 0 Å². The highest BCUT2D eigenvalue weighted by Gasteiger charge is 2.28. The summed E-state index contributed by atoms with van der Waals surface area (Å²) in [6.45, 7) is 7.92. The quantitative estimate of drug-likeness (QED) is 0.803. The van der Waals surface area contributed by atoms with Crippen LogP contribution in [0.4, 0.5) is 0 Å². The Kier molecular flexibility index (Phi) is 6.85. The van der Waals surface area contributed by atoms with E-state index in [0.29, 0.717) is 17.6 Å². The molecule has 5 heteroatoms. The third kappa shape index (κ3) is 5.76. The third-order valence-corrected chi connectivity index (χ3v) is 5.25. The highest BCUT2D eigenvalue weighted by Crippen LogP contribution is 2.29. The number of aryl methyl sites for hydroxylation is 2. The van der Waals surface area contributed by atoms with Crippen molar-refractivity contribution in [2.24, 2.45) is 11.8 Å². The van der Waals surface area contributed by atoms with E-state index in [1.165, 1.54) is 6.42 Å². The van der Waals surface area contributed by atoms with Gasteiger partial charge in [-0.3, -0.25) is 4.79 Å². The molecule has 1 amide bonds. The van der Waals surface area contributed by atoms with Crippen molar-refractivity contribution in [2.75, 3.05) is 13.2 Å². The van der Waals surface area contributed by atoms with Crippen LogP contribution in [0.15, 0.2) is 18.2 Å². The van der Waals surface area contributed by atoms with Crippen molar-refractivity contribution in [3.05, 3.63) is 29.3 Å². The van der Waals surface area contributed by atoms with E-state index in [-0.39, 0.29) is 25.2 Å². The zero-order chi connectivity index (χ0) is 18.4. The molecule has 0 aromatic heterocycles. The molecule has 2 rings (SSSR count). The van der Waals surface area contributed by atoms with Gasteiger partial charge >= 0.3 is 5.97 Å². The molecule has 5 nitrogen and oxygen atoms in total. The highest BCUT2D eigenvalue weighted by molar-refractivity contribution is 5.81. The van der Waals surface area contributed by atoms with E-state index in [1.54, 1.807) is 0 Å². The summed E-state index contributed by atoms with van der Waals surface area (Å²) in [6, 6.07) is 5.80. The molecule has 1 aromatic rings. The van der Waals surface area contributed by atoms with Crippen molar-refractivity contribution in [3.8, 4) is 5.75 Å². The maximum Gasteiger partial charge on any atom is 0.344 e. The second kappa shape index (κ2) is 8.88. The molecule has 1 fully saturated rings. The van der Waals surface area contributed by atoms with Crippen molar-refractivity contribution in [2.45, 2.75) is 53.0 Å². The van der Waals surface area contributed by atoms with Crippen LogP contribution < -0.4 is 10.1 Å². The number of hydrogen-bond donors (Lipinski definition) is 1. The fraction of sp³-hybridized carbons (Fsp3) is 0.600. The Morgan fingerprint density at radius 2 is 1.88 bits per heavy atom. The van der Waals surface area contributed by atoms with E-state index >= 15 is 0 Å². The number of hydrogen-bond acceptors (Lipinski definition) is 4. The molecule has 0 radical (unpaired) electrons. The van der Waals surface area contributed by atoms with Crippen molar-refractivity contribution in [3.63, 3.8) is 0 Å². The van der Waals surface area contributed by atoms with Gasteiger partial charge in [-0.05, 0) is 55.4 Å². The maximum atomic E-state index is 12.0. The summed E-state index contributed by atoms with van der Waals surface area (Å²) in [4.78, 5) is 23.7. The zero-order valence-corrected chi connectivity index (χ0v) is 15.6. The summed E-state index contributed by atoms with van der Waals surface area (Å²) in [5, 5.41) is 2.98. The van der Waals surface area contributed by atoms with E-state index in [4.69, 9.17) is 9.47 Å². The van der Waals surface area contributed by atoms with Gasteiger partial charge in [0.15, 0.2) is 13.2 Å². The van der Waals surface area contributed by atoms with Crippen molar-refractivity contribution in [1.82, 2.24) is 5.32 Å². The first-order valence-electron chi connectivity index (χ1n) is 9.02. The summed E-state index contributed by atoms with van der Waals surface area (Å²) in [5.41, 5.74) is 2.26. The number of nitrogens with one attached hydrogen (secondary N) is 1. The molecule has 1 saturated carbocycles. The Morgan fingerprint density at radius 3 is 2.60 bits per heavy atom. The molecule has 0 unspecified atom stereocenters. The van der Waals surface area contributed by atoms with Crippen LogP contribution in [0.5, 0.6) is 5.75 Å². The molecular weight excluding hydrogens is 318 g/mol.